The first-order chi connectivity index (χ1) is 9.85. The Morgan fingerprint density at radius 3 is 2.65 bits per heavy atom. The first-order valence-corrected chi connectivity index (χ1v) is 6.97. The summed E-state index contributed by atoms with van der Waals surface area (Å²) in [5.41, 5.74) is 9.81. The van der Waals surface area contributed by atoms with Gasteiger partial charge in [-0.15, -0.1) is 0 Å². The second-order valence-electron chi connectivity index (χ2n) is 4.96. The van der Waals surface area contributed by atoms with E-state index >= 15 is 0 Å². The van der Waals surface area contributed by atoms with Crippen LogP contribution in [0.1, 0.15) is 23.4 Å². The monoisotopic (exact) mass is 266 g/mol. The maximum atomic E-state index is 5.80. The minimum Gasteiger partial charge on any atom is -0.440 e. The lowest BCUT2D eigenvalue weighted by Crippen LogP contribution is -2.00. The minimum absolute atomic E-state index is 0.718. The molecule has 0 atom stereocenters. The average molecular weight is 266 g/mol. The van der Waals surface area contributed by atoms with Crippen molar-refractivity contribution in [2.45, 2.75) is 19.3 Å². The zero-order valence-electron chi connectivity index (χ0n) is 11.4. The first-order valence-electron chi connectivity index (χ1n) is 6.97. The van der Waals surface area contributed by atoms with Gasteiger partial charge in [0.2, 0.25) is 0 Å². The van der Waals surface area contributed by atoms with E-state index in [1.807, 2.05) is 24.3 Å². The van der Waals surface area contributed by atoms with Gasteiger partial charge in [0, 0.05) is 6.42 Å². The fourth-order valence-corrected chi connectivity index (χ4v) is 2.33. The van der Waals surface area contributed by atoms with E-state index in [9.17, 15) is 0 Å². The highest BCUT2D eigenvalue weighted by Gasteiger charge is 2.07. The lowest BCUT2D eigenvalue weighted by molar-refractivity contribution is 0.544. The molecule has 3 rings (SSSR count). The van der Waals surface area contributed by atoms with Crippen LogP contribution in [0.5, 0.6) is 0 Å². The van der Waals surface area contributed by atoms with E-state index in [4.69, 9.17) is 10.2 Å². The minimum atomic E-state index is 0.718. The highest BCUT2D eigenvalue weighted by molar-refractivity contribution is 5.73. The second-order valence-corrected chi connectivity index (χ2v) is 4.96. The Bertz CT molecular complexity index is 689. The Kier molecular flexibility index (Phi) is 3.79. The van der Waals surface area contributed by atoms with Gasteiger partial charge in [-0.25, -0.2) is 4.98 Å². The topological polar surface area (TPSA) is 52.0 Å². The van der Waals surface area contributed by atoms with Crippen LogP contribution in [0.15, 0.2) is 52.9 Å². The molecule has 0 fully saturated rings. The molecule has 2 N–H and O–H groups in total. The Labute approximate surface area is 118 Å². The number of oxazole rings is 1. The maximum Gasteiger partial charge on any atom is 0.199 e. The van der Waals surface area contributed by atoms with Gasteiger partial charge in [0.15, 0.2) is 11.5 Å². The zero-order chi connectivity index (χ0) is 13.8. The molecular formula is C17H18N2O. The van der Waals surface area contributed by atoms with Crippen LogP contribution in [-0.2, 0) is 12.8 Å². The summed E-state index contributed by atoms with van der Waals surface area (Å²) in [6, 6.07) is 16.4. The van der Waals surface area contributed by atoms with Gasteiger partial charge in [-0.05, 0) is 42.6 Å². The molecule has 0 radical (unpaired) electrons. The molecule has 2 aromatic carbocycles. The van der Waals surface area contributed by atoms with Crippen molar-refractivity contribution in [3.05, 3.63) is 65.5 Å². The van der Waals surface area contributed by atoms with Crippen LogP contribution in [-0.4, -0.2) is 11.5 Å². The molecular weight excluding hydrogens is 248 g/mol. The molecule has 0 amide bonds. The molecule has 3 nitrogen and oxygen atoms in total. The third-order valence-corrected chi connectivity index (χ3v) is 3.36. The second kappa shape index (κ2) is 5.88. The molecule has 0 saturated heterocycles. The smallest absolute Gasteiger partial charge is 0.199 e. The van der Waals surface area contributed by atoms with Crippen molar-refractivity contribution in [3.8, 4) is 0 Å². The SMILES string of the molecule is NCCCc1ccc2oc(Cc3ccccc3)nc2c1. The molecule has 0 bridgehead atoms. The van der Waals surface area contributed by atoms with Crippen LogP contribution < -0.4 is 5.73 Å². The maximum absolute atomic E-state index is 5.80. The molecule has 0 saturated carbocycles. The highest BCUT2D eigenvalue weighted by Crippen LogP contribution is 2.19. The summed E-state index contributed by atoms with van der Waals surface area (Å²) in [4.78, 5) is 4.58. The van der Waals surface area contributed by atoms with Gasteiger partial charge in [0.05, 0.1) is 0 Å². The van der Waals surface area contributed by atoms with Crippen molar-refractivity contribution in [2.75, 3.05) is 6.54 Å². The Balaban J connectivity index is 1.83. The largest absolute Gasteiger partial charge is 0.440 e. The number of aromatic nitrogens is 1. The van der Waals surface area contributed by atoms with E-state index in [2.05, 4.69) is 29.2 Å². The summed E-state index contributed by atoms with van der Waals surface area (Å²) in [6.07, 6.45) is 2.72. The molecule has 0 aliphatic carbocycles. The fraction of sp³-hybridized carbons (Fsp3) is 0.235. The van der Waals surface area contributed by atoms with Gasteiger partial charge in [-0.3, -0.25) is 0 Å². The molecule has 0 unspecified atom stereocenters. The highest BCUT2D eigenvalue weighted by atomic mass is 16.3. The number of rotatable bonds is 5. The number of aryl methyl sites for hydroxylation is 1. The van der Waals surface area contributed by atoms with Crippen molar-refractivity contribution in [1.29, 1.82) is 0 Å². The predicted octanol–water partition coefficient (Wildman–Crippen LogP) is 3.31. The number of nitrogens with zero attached hydrogens (tertiary/aromatic N) is 1. The van der Waals surface area contributed by atoms with Crippen molar-refractivity contribution >= 4 is 11.1 Å². The van der Waals surface area contributed by atoms with E-state index in [0.717, 1.165) is 42.8 Å². The Morgan fingerprint density at radius 2 is 1.85 bits per heavy atom. The predicted molar refractivity (Wildman–Crippen MR) is 80.6 cm³/mol. The number of nitrogens with two attached hydrogens (primary N) is 1. The molecule has 1 aromatic heterocycles. The van der Waals surface area contributed by atoms with Crippen LogP contribution in [0.4, 0.5) is 0 Å². The van der Waals surface area contributed by atoms with E-state index in [0.29, 0.717) is 0 Å². The van der Waals surface area contributed by atoms with Gasteiger partial charge >= 0.3 is 0 Å². The van der Waals surface area contributed by atoms with Crippen LogP contribution in [0, 0.1) is 0 Å². The lowest BCUT2D eigenvalue weighted by Gasteiger charge is -1.97. The molecule has 0 aliphatic rings. The van der Waals surface area contributed by atoms with E-state index in [1.165, 1.54) is 11.1 Å². The van der Waals surface area contributed by atoms with Crippen LogP contribution in [0.2, 0.25) is 0 Å². The van der Waals surface area contributed by atoms with Gasteiger partial charge in [0.25, 0.3) is 0 Å². The molecule has 102 valence electrons. The molecule has 0 spiro atoms. The van der Waals surface area contributed by atoms with Crippen LogP contribution in [0.25, 0.3) is 11.1 Å². The van der Waals surface area contributed by atoms with Gasteiger partial charge in [-0.2, -0.15) is 0 Å². The Hall–Kier alpha value is -2.13. The number of benzene rings is 2. The van der Waals surface area contributed by atoms with Crippen LogP contribution in [0.3, 0.4) is 0 Å². The molecule has 20 heavy (non-hydrogen) atoms. The summed E-state index contributed by atoms with van der Waals surface area (Å²) in [7, 11) is 0. The Morgan fingerprint density at radius 1 is 1.00 bits per heavy atom. The summed E-state index contributed by atoms with van der Waals surface area (Å²) in [5, 5.41) is 0. The third-order valence-electron chi connectivity index (χ3n) is 3.36. The van der Waals surface area contributed by atoms with Crippen LogP contribution >= 0.6 is 0 Å². The molecule has 3 heteroatoms. The zero-order valence-corrected chi connectivity index (χ0v) is 11.4. The van der Waals surface area contributed by atoms with Gasteiger partial charge in [-0.1, -0.05) is 36.4 Å². The van der Waals surface area contributed by atoms with Crippen molar-refractivity contribution < 1.29 is 4.42 Å². The van der Waals surface area contributed by atoms with E-state index in [-0.39, 0.29) is 0 Å². The number of hydrogen-bond acceptors (Lipinski definition) is 3. The van der Waals surface area contributed by atoms with Crippen molar-refractivity contribution in [2.24, 2.45) is 5.73 Å². The number of fused-ring (bicyclic) bond motifs is 1. The normalized spacial score (nSPS) is 11.1. The van der Waals surface area contributed by atoms with Gasteiger partial charge in [0.1, 0.15) is 5.52 Å². The molecule has 1 heterocycles. The number of hydrogen-bond donors (Lipinski definition) is 1. The summed E-state index contributed by atoms with van der Waals surface area (Å²) in [5.74, 6) is 0.766. The standard InChI is InChI=1S/C17H18N2O/c18-10-4-7-14-8-9-16-15(11-14)19-17(20-16)12-13-5-2-1-3-6-13/h1-3,5-6,8-9,11H,4,7,10,12,18H2. The quantitative estimate of drug-likeness (QED) is 0.770. The summed E-state index contributed by atoms with van der Waals surface area (Å²) >= 11 is 0. The molecule has 0 aliphatic heterocycles. The van der Waals surface area contributed by atoms with Crippen molar-refractivity contribution in [1.82, 2.24) is 4.98 Å². The van der Waals surface area contributed by atoms with E-state index in [1.54, 1.807) is 0 Å². The summed E-state index contributed by atoms with van der Waals surface area (Å²) in [6.45, 7) is 0.718. The van der Waals surface area contributed by atoms with E-state index < -0.39 is 0 Å². The average Bonchev–Trinajstić information content (AvgIpc) is 2.87. The summed E-state index contributed by atoms with van der Waals surface area (Å²) < 4.78 is 5.80. The lowest BCUT2D eigenvalue weighted by atomic mass is 10.1. The molecule has 3 aromatic rings. The first kappa shape index (κ1) is 12.9. The van der Waals surface area contributed by atoms with Gasteiger partial charge < -0.3 is 10.2 Å². The van der Waals surface area contributed by atoms with Crippen molar-refractivity contribution in [3.63, 3.8) is 0 Å². The fourth-order valence-electron chi connectivity index (χ4n) is 2.33. The third kappa shape index (κ3) is 2.89.